The molecule has 1 saturated heterocycles. The predicted octanol–water partition coefficient (Wildman–Crippen LogP) is 0.944. The Morgan fingerprint density at radius 3 is 2.49 bits per heavy atom. The van der Waals surface area contributed by atoms with Gasteiger partial charge in [0.05, 0.1) is 29.7 Å². The Balaban J connectivity index is 0.00000368. The normalized spacial score (nSPS) is 19.0. The van der Waals surface area contributed by atoms with E-state index in [-0.39, 0.29) is 63.8 Å². The summed E-state index contributed by atoms with van der Waals surface area (Å²) in [6, 6.07) is 20.9. The standard InChI is InChI=1S/C30H26N4O8.K/c1-3-38-28-31-23-10-6-9-22(27(35)39-16-24-17(2)40-30(37)41-24)25(23)34(28)15-18-11-13-19(14-12-18)20-7-4-5-8-21(20)26-32-29(36)42-33-26;/h4-14,17,24,29H,3,15-16H2,1-2H3;/q-2;+1. The first-order valence-corrected chi connectivity index (χ1v) is 13.4. The molecule has 0 amide bonds. The maximum absolute atomic E-state index is 13.2. The van der Waals surface area contributed by atoms with E-state index >= 15 is 0 Å². The van der Waals surface area contributed by atoms with E-state index in [0.717, 1.165) is 16.7 Å². The van der Waals surface area contributed by atoms with Crippen molar-refractivity contribution in [1.82, 2.24) is 9.55 Å². The van der Waals surface area contributed by atoms with E-state index in [1.54, 1.807) is 25.1 Å². The second kappa shape index (κ2) is 13.5. The van der Waals surface area contributed by atoms with E-state index in [4.69, 9.17) is 23.8 Å². The van der Waals surface area contributed by atoms with Crippen LogP contribution in [0.1, 0.15) is 35.3 Å². The molecule has 4 aromatic rings. The van der Waals surface area contributed by atoms with Gasteiger partial charge >= 0.3 is 63.5 Å². The third-order valence-corrected chi connectivity index (χ3v) is 6.89. The van der Waals surface area contributed by atoms with Crippen molar-refractivity contribution < 1.29 is 89.9 Å². The molecule has 12 nitrogen and oxygen atoms in total. The van der Waals surface area contributed by atoms with Gasteiger partial charge in [0.2, 0.25) is 0 Å². The Labute approximate surface area is 289 Å². The molecule has 0 bridgehead atoms. The number of hydrogen-bond acceptors (Lipinski definition) is 10. The van der Waals surface area contributed by atoms with E-state index in [2.05, 4.69) is 15.5 Å². The molecule has 216 valence electrons. The van der Waals surface area contributed by atoms with Crippen LogP contribution < -0.4 is 61.2 Å². The first kappa shape index (κ1) is 31.0. The van der Waals surface area contributed by atoms with Gasteiger partial charge in [0.1, 0.15) is 12.7 Å². The number of nitrogens with zero attached hydrogens (tertiary/aromatic N) is 4. The molecule has 0 N–H and O–H groups in total. The fourth-order valence-corrected chi connectivity index (χ4v) is 4.86. The number of aromatic nitrogens is 2. The van der Waals surface area contributed by atoms with E-state index in [1.807, 2.05) is 60.0 Å². The number of hydrogen-bond donors (Lipinski definition) is 0. The van der Waals surface area contributed by atoms with Gasteiger partial charge in [-0.2, -0.15) is 4.98 Å². The van der Waals surface area contributed by atoms with E-state index in [1.165, 1.54) is 0 Å². The monoisotopic (exact) mass is 609 g/mol. The molecule has 0 radical (unpaired) electrons. The molecule has 3 atom stereocenters. The van der Waals surface area contributed by atoms with E-state index in [9.17, 15) is 14.7 Å². The van der Waals surface area contributed by atoms with Crippen molar-refractivity contribution in [3.63, 3.8) is 0 Å². The topological polar surface area (TPSA) is 148 Å². The van der Waals surface area contributed by atoms with Gasteiger partial charge in [-0.15, -0.1) is 0 Å². The number of ether oxygens (including phenoxy) is 4. The number of carbonyl (C=O) groups excluding carboxylic acids is 2. The van der Waals surface area contributed by atoms with Gasteiger partial charge in [-0.05, 0) is 54.1 Å². The molecule has 2 aliphatic rings. The maximum atomic E-state index is 13.2. The maximum Gasteiger partial charge on any atom is 1.00 e. The molecule has 1 aromatic heterocycles. The molecular formula is C30H26KN4O8-. The fourth-order valence-electron chi connectivity index (χ4n) is 4.86. The summed E-state index contributed by atoms with van der Waals surface area (Å²) in [5.41, 5.74) is 4.80. The largest absolute Gasteiger partial charge is 1.00 e. The van der Waals surface area contributed by atoms with Crippen LogP contribution in [0.25, 0.3) is 27.5 Å². The molecule has 6 rings (SSSR count). The Kier molecular flexibility index (Phi) is 9.69. The molecule has 13 heteroatoms. The number of rotatable bonds is 9. The van der Waals surface area contributed by atoms with Crippen molar-refractivity contribution in [2.24, 2.45) is 5.16 Å². The van der Waals surface area contributed by atoms with Crippen molar-refractivity contribution in [2.75, 3.05) is 13.2 Å². The molecule has 3 heterocycles. The quantitative estimate of drug-likeness (QED) is 0.200. The Morgan fingerprint density at radius 2 is 1.81 bits per heavy atom. The van der Waals surface area contributed by atoms with Crippen LogP contribution in [0.2, 0.25) is 0 Å². The van der Waals surface area contributed by atoms with Gasteiger partial charge in [0.25, 0.3) is 6.01 Å². The van der Waals surface area contributed by atoms with Crippen molar-refractivity contribution in [2.45, 2.75) is 39.0 Å². The van der Waals surface area contributed by atoms with Crippen molar-refractivity contribution >= 4 is 29.0 Å². The van der Waals surface area contributed by atoms with Crippen LogP contribution in [0, 0.1) is 0 Å². The number of oxime groups is 1. The van der Waals surface area contributed by atoms with Gasteiger partial charge in [0, 0.05) is 6.41 Å². The van der Waals surface area contributed by atoms with Crippen molar-refractivity contribution in [3.8, 4) is 17.1 Å². The summed E-state index contributed by atoms with van der Waals surface area (Å²) in [4.78, 5) is 33.9. The molecule has 0 spiro atoms. The Hall–Kier alpha value is -3.46. The Morgan fingerprint density at radius 1 is 1.05 bits per heavy atom. The number of esters is 1. The molecule has 0 aliphatic carbocycles. The Bertz CT molecular complexity index is 1670. The zero-order valence-electron chi connectivity index (χ0n) is 23.8. The second-order valence-electron chi connectivity index (χ2n) is 9.61. The summed E-state index contributed by atoms with van der Waals surface area (Å²) in [5.74, 6) is -0.329. The van der Waals surface area contributed by atoms with Crippen LogP contribution >= 0.6 is 0 Å². The van der Waals surface area contributed by atoms with Crippen LogP contribution in [-0.4, -0.2) is 59.3 Å². The van der Waals surface area contributed by atoms with E-state index < -0.39 is 30.7 Å². The zero-order valence-corrected chi connectivity index (χ0v) is 26.9. The number of para-hydroxylation sites is 1. The molecule has 1 fully saturated rings. The SMILES string of the molecule is CCOc1nc2cccc(C(=O)OCC3OC(=O)OC3C)c2n1Cc1ccc(-c2ccccc2C2=NOC([O-])[N-]2)cc1.[K+]. The van der Waals surface area contributed by atoms with Crippen molar-refractivity contribution in [3.05, 3.63) is 88.7 Å². The van der Waals surface area contributed by atoms with Crippen LogP contribution in [0.5, 0.6) is 6.01 Å². The van der Waals surface area contributed by atoms with Crippen LogP contribution in [0.4, 0.5) is 4.79 Å². The smallest absolute Gasteiger partial charge is 0.822 e. The summed E-state index contributed by atoms with van der Waals surface area (Å²) < 4.78 is 23.2. The molecule has 0 saturated carbocycles. The van der Waals surface area contributed by atoms with E-state index in [0.29, 0.717) is 41.3 Å². The third kappa shape index (κ3) is 6.56. The predicted molar refractivity (Wildman–Crippen MR) is 148 cm³/mol. The summed E-state index contributed by atoms with van der Waals surface area (Å²) in [6.45, 7) is 4.13. The number of fused-ring (bicyclic) bond motifs is 1. The minimum atomic E-state index is -1.56. The number of benzene rings is 3. The average Bonchev–Trinajstić information content (AvgIpc) is 3.68. The molecular weight excluding hydrogens is 583 g/mol. The van der Waals surface area contributed by atoms with Gasteiger partial charge in [-0.3, -0.25) is 9.72 Å². The van der Waals surface area contributed by atoms with Gasteiger partial charge in [0.15, 0.2) is 6.10 Å². The summed E-state index contributed by atoms with van der Waals surface area (Å²) in [5, 5.41) is 19.3. The second-order valence-corrected chi connectivity index (χ2v) is 9.61. The number of imidazole rings is 1. The van der Waals surface area contributed by atoms with Gasteiger partial charge in [-0.25, -0.2) is 9.59 Å². The molecule has 2 aliphatic heterocycles. The van der Waals surface area contributed by atoms with Crippen LogP contribution in [-0.2, 0) is 25.6 Å². The summed E-state index contributed by atoms with van der Waals surface area (Å²) in [6.07, 6.45) is -3.55. The minimum absolute atomic E-state index is 0. The fraction of sp³-hybridized carbons (Fsp3) is 0.267. The molecule has 3 aromatic carbocycles. The minimum Gasteiger partial charge on any atom is -0.822 e. The van der Waals surface area contributed by atoms with Crippen LogP contribution in [0.3, 0.4) is 0 Å². The van der Waals surface area contributed by atoms with Crippen LogP contribution in [0.15, 0.2) is 71.9 Å². The number of amidine groups is 1. The number of carbonyl (C=O) groups is 2. The van der Waals surface area contributed by atoms with Crippen molar-refractivity contribution in [1.29, 1.82) is 0 Å². The van der Waals surface area contributed by atoms with Gasteiger partial charge < -0.3 is 34.2 Å². The first-order valence-electron chi connectivity index (χ1n) is 13.4. The molecule has 43 heavy (non-hydrogen) atoms. The third-order valence-electron chi connectivity index (χ3n) is 6.89. The summed E-state index contributed by atoms with van der Waals surface area (Å²) in [7, 11) is 0. The van der Waals surface area contributed by atoms with Gasteiger partial charge in [-0.1, -0.05) is 54.6 Å². The number of cyclic esters (lactones) is 2. The first-order chi connectivity index (χ1) is 20.4. The average molecular weight is 610 g/mol. The summed E-state index contributed by atoms with van der Waals surface area (Å²) >= 11 is 0. The zero-order chi connectivity index (χ0) is 29.2. The molecule has 3 unspecified atom stereocenters.